The monoisotopic (exact) mass is 525 g/mol. The Balaban J connectivity index is 2.36. The van der Waals surface area contributed by atoms with E-state index in [1.807, 2.05) is 13.8 Å². The lowest BCUT2D eigenvalue weighted by Crippen LogP contribution is -2.32. The molecule has 1 N–H and O–H groups in total. The number of nitrogens with one attached hydrogen (secondary N) is 1. The summed E-state index contributed by atoms with van der Waals surface area (Å²) in [4.78, 5) is 25.2. The molecular weight excluding hydrogens is 497 g/mol. The van der Waals surface area contributed by atoms with Crippen LogP contribution >= 0.6 is 23.2 Å². The Labute approximate surface area is 214 Å². The number of benzene rings is 2. The van der Waals surface area contributed by atoms with Crippen LogP contribution in [-0.4, -0.2) is 44.2 Å². The number of halogens is 2. The van der Waals surface area contributed by atoms with Crippen molar-refractivity contribution in [2.24, 2.45) is 10.2 Å². The summed E-state index contributed by atoms with van der Waals surface area (Å²) in [5.74, 6) is 0.0734. The summed E-state index contributed by atoms with van der Waals surface area (Å²) in [5.41, 5.74) is 0.518. The molecule has 0 heterocycles. The van der Waals surface area contributed by atoms with E-state index in [0.29, 0.717) is 37.9 Å². The van der Waals surface area contributed by atoms with Gasteiger partial charge in [0.1, 0.15) is 27.2 Å². The molecule has 0 aliphatic carbocycles. The first-order valence-electron chi connectivity index (χ1n) is 11.2. The Morgan fingerprint density at radius 3 is 1.89 bits per heavy atom. The van der Waals surface area contributed by atoms with Gasteiger partial charge < -0.3 is 24.3 Å². The van der Waals surface area contributed by atoms with Gasteiger partial charge >= 0.3 is 0 Å². The standard InChI is InChI=1S/C24H29Cl2N3O6/c1-6-32-17-12-10-15(22(19(17)25)34-8-3)27-24(31)21(14(5)30)29-28-16-11-13-18(33-7-2)20(26)23(16)35-9-4/h10-13,21H,6-9H2,1-5H3,(H,27,31). The molecule has 190 valence electrons. The molecule has 0 fully saturated rings. The Kier molecular flexibility index (Phi) is 11.1. The number of anilines is 1. The third-order valence-corrected chi connectivity index (χ3v) is 5.17. The number of azo groups is 1. The van der Waals surface area contributed by atoms with E-state index in [4.69, 9.17) is 42.1 Å². The maximum Gasteiger partial charge on any atom is 0.258 e. The second kappa shape index (κ2) is 13.7. The number of hydrogen-bond acceptors (Lipinski definition) is 8. The number of nitrogens with zero attached hydrogens (tertiary/aromatic N) is 2. The summed E-state index contributed by atoms with van der Waals surface area (Å²) in [6.45, 7) is 9.89. The average molecular weight is 526 g/mol. The third-order valence-electron chi connectivity index (χ3n) is 4.45. The van der Waals surface area contributed by atoms with Crippen molar-refractivity contribution >= 4 is 46.3 Å². The lowest BCUT2D eigenvalue weighted by atomic mass is 10.2. The number of Topliss-reactive ketones (excluding diaryl/α,β-unsaturated/α-hetero) is 1. The molecule has 35 heavy (non-hydrogen) atoms. The van der Waals surface area contributed by atoms with Crippen molar-refractivity contribution in [3.05, 3.63) is 34.3 Å². The molecule has 1 unspecified atom stereocenters. The first-order valence-corrected chi connectivity index (χ1v) is 11.9. The van der Waals surface area contributed by atoms with E-state index in [9.17, 15) is 9.59 Å². The van der Waals surface area contributed by atoms with Gasteiger partial charge in [-0.05, 0) is 58.9 Å². The molecule has 11 heteroatoms. The van der Waals surface area contributed by atoms with E-state index >= 15 is 0 Å². The van der Waals surface area contributed by atoms with Crippen molar-refractivity contribution in [3.8, 4) is 23.0 Å². The van der Waals surface area contributed by atoms with Gasteiger partial charge in [0, 0.05) is 0 Å². The summed E-state index contributed by atoms with van der Waals surface area (Å²) in [7, 11) is 0. The number of carbonyl (C=O) groups is 2. The van der Waals surface area contributed by atoms with Crippen LogP contribution in [0, 0.1) is 0 Å². The highest BCUT2D eigenvalue weighted by Crippen LogP contribution is 2.42. The quantitative estimate of drug-likeness (QED) is 0.244. The maximum atomic E-state index is 13.0. The van der Waals surface area contributed by atoms with E-state index in [-0.39, 0.29) is 32.9 Å². The second-order valence-electron chi connectivity index (χ2n) is 6.93. The summed E-state index contributed by atoms with van der Waals surface area (Å²) >= 11 is 12.8. The number of ketones is 1. The molecule has 1 atom stereocenters. The zero-order chi connectivity index (χ0) is 26.0. The van der Waals surface area contributed by atoms with Crippen LogP contribution in [-0.2, 0) is 9.59 Å². The fourth-order valence-corrected chi connectivity index (χ4v) is 3.53. The van der Waals surface area contributed by atoms with Gasteiger partial charge in [0.2, 0.25) is 6.04 Å². The normalized spacial score (nSPS) is 11.7. The Bertz CT molecular complexity index is 1080. The van der Waals surface area contributed by atoms with Gasteiger partial charge in [-0.2, -0.15) is 10.2 Å². The van der Waals surface area contributed by atoms with Gasteiger partial charge in [0.25, 0.3) is 5.91 Å². The molecule has 9 nitrogen and oxygen atoms in total. The SMILES string of the molecule is CCOc1ccc(N=NC(C(C)=O)C(=O)Nc2ccc(OCC)c(Cl)c2OCC)c(OCC)c1Cl. The molecule has 2 aromatic rings. The van der Waals surface area contributed by atoms with Gasteiger partial charge in [-0.25, -0.2) is 0 Å². The number of ether oxygens (including phenoxy) is 4. The minimum absolute atomic E-state index is 0.206. The van der Waals surface area contributed by atoms with Crippen LogP contribution in [0.2, 0.25) is 10.0 Å². The Morgan fingerprint density at radius 1 is 0.829 bits per heavy atom. The van der Waals surface area contributed by atoms with Crippen molar-refractivity contribution < 1.29 is 28.5 Å². The molecule has 0 aromatic heterocycles. The number of carbonyl (C=O) groups excluding carboxylic acids is 2. The molecule has 0 bridgehead atoms. The fourth-order valence-electron chi connectivity index (χ4n) is 2.98. The van der Waals surface area contributed by atoms with E-state index in [2.05, 4.69) is 15.5 Å². The van der Waals surface area contributed by atoms with Crippen LogP contribution in [0.5, 0.6) is 23.0 Å². The van der Waals surface area contributed by atoms with E-state index in [0.717, 1.165) is 0 Å². The first-order chi connectivity index (χ1) is 16.8. The maximum absolute atomic E-state index is 13.0. The average Bonchev–Trinajstić information content (AvgIpc) is 2.82. The number of amides is 1. The number of hydrogen-bond donors (Lipinski definition) is 1. The molecule has 2 rings (SSSR count). The highest BCUT2D eigenvalue weighted by Gasteiger charge is 2.26. The molecule has 1 amide bonds. The molecular formula is C24H29Cl2N3O6. The van der Waals surface area contributed by atoms with E-state index in [1.165, 1.54) is 6.92 Å². The van der Waals surface area contributed by atoms with Crippen molar-refractivity contribution in [2.45, 2.75) is 40.7 Å². The van der Waals surface area contributed by atoms with Crippen LogP contribution in [0.1, 0.15) is 34.6 Å². The molecule has 0 aliphatic rings. The van der Waals surface area contributed by atoms with Gasteiger partial charge in [0.05, 0.1) is 32.1 Å². The Hall–Kier alpha value is -3.04. The lowest BCUT2D eigenvalue weighted by molar-refractivity contribution is -0.126. The molecule has 2 aromatic carbocycles. The van der Waals surface area contributed by atoms with E-state index in [1.54, 1.807) is 38.1 Å². The van der Waals surface area contributed by atoms with Gasteiger partial charge in [-0.1, -0.05) is 23.2 Å². The van der Waals surface area contributed by atoms with Crippen molar-refractivity contribution in [3.63, 3.8) is 0 Å². The Morgan fingerprint density at radius 2 is 1.34 bits per heavy atom. The smallest absolute Gasteiger partial charge is 0.258 e. The summed E-state index contributed by atoms with van der Waals surface area (Å²) in [5, 5.41) is 11.1. The van der Waals surface area contributed by atoms with Crippen LogP contribution in [0.15, 0.2) is 34.5 Å². The molecule has 0 radical (unpaired) electrons. The third kappa shape index (κ3) is 7.22. The summed E-state index contributed by atoms with van der Waals surface area (Å²) in [6.07, 6.45) is 0. The molecule has 0 saturated heterocycles. The van der Waals surface area contributed by atoms with Gasteiger partial charge in [-0.3, -0.25) is 9.59 Å². The predicted molar refractivity (Wildman–Crippen MR) is 135 cm³/mol. The van der Waals surface area contributed by atoms with Gasteiger partial charge in [-0.15, -0.1) is 0 Å². The van der Waals surface area contributed by atoms with Crippen molar-refractivity contribution in [1.82, 2.24) is 0 Å². The van der Waals surface area contributed by atoms with Crippen LogP contribution in [0.25, 0.3) is 0 Å². The molecule has 0 aliphatic heterocycles. The zero-order valence-electron chi connectivity index (χ0n) is 20.3. The van der Waals surface area contributed by atoms with Crippen LogP contribution < -0.4 is 24.3 Å². The highest BCUT2D eigenvalue weighted by atomic mass is 35.5. The summed E-state index contributed by atoms with van der Waals surface area (Å²) < 4.78 is 22.2. The fraction of sp³-hybridized carbons (Fsp3) is 0.417. The first kappa shape index (κ1) is 28.2. The second-order valence-corrected chi connectivity index (χ2v) is 7.69. The minimum atomic E-state index is -1.44. The topological polar surface area (TPSA) is 108 Å². The van der Waals surface area contributed by atoms with Crippen LogP contribution in [0.3, 0.4) is 0 Å². The zero-order valence-corrected chi connectivity index (χ0v) is 21.8. The highest BCUT2D eigenvalue weighted by molar-refractivity contribution is 6.34. The van der Waals surface area contributed by atoms with Crippen molar-refractivity contribution in [2.75, 3.05) is 31.7 Å². The molecule has 0 spiro atoms. The van der Waals surface area contributed by atoms with E-state index < -0.39 is 17.7 Å². The lowest BCUT2D eigenvalue weighted by Gasteiger charge is -2.17. The minimum Gasteiger partial charge on any atom is -0.492 e. The molecule has 0 saturated carbocycles. The van der Waals surface area contributed by atoms with Crippen LogP contribution in [0.4, 0.5) is 11.4 Å². The van der Waals surface area contributed by atoms with Gasteiger partial charge in [0.15, 0.2) is 17.3 Å². The summed E-state index contributed by atoms with van der Waals surface area (Å²) in [6, 6.07) is 4.94. The number of rotatable bonds is 13. The predicted octanol–water partition coefficient (Wildman–Crippen LogP) is 6.27. The van der Waals surface area contributed by atoms with Crippen molar-refractivity contribution in [1.29, 1.82) is 0 Å². The largest absolute Gasteiger partial charge is 0.492 e.